The fraction of sp³-hybridized carbons (Fsp3) is 0.400. The molecule has 3 atom stereocenters. The first-order chi connectivity index (χ1) is 12.2. The summed E-state index contributed by atoms with van der Waals surface area (Å²) in [5, 5.41) is 20.4. The molecule has 134 valence electrons. The Labute approximate surface area is 147 Å². The summed E-state index contributed by atoms with van der Waals surface area (Å²) in [5.74, 6) is 0. The van der Waals surface area contributed by atoms with E-state index >= 15 is 0 Å². The first-order valence-corrected chi connectivity index (χ1v) is 8.43. The minimum atomic E-state index is -1.28. The third-order valence-corrected chi connectivity index (χ3v) is 4.33. The monoisotopic (exact) mass is 344 g/mol. The lowest BCUT2D eigenvalue weighted by atomic mass is 9.97. The SMILES string of the molecule is OC[C@@H]1OC[C@@](O)(COCc2ccccc2)[C@H]1OCc1ccccc1. The maximum atomic E-state index is 10.9. The molecule has 0 aromatic heterocycles. The molecule has 0 bridgehead atoms. The highest BCUT2D eigenvalue weighted by Crippen LogP contribution is 2.29. The molecule has 1 aliphatic rings. The van der Waals surface area contributed by atoms with Crippen molar-refractivity contribution in [3.8, 4) is 0 Å². The average molecular weight is 344 g/mol. The number of benzene rings is 2. The molecule has 25 heavy (non-hydrogen) atoms. The molecule has 2 N–H and O–H groups in total. The van der Waals surface area contributed by atoms with Gasteiger partial charge < -0.3 is 24.4 Å². The number of ether oxygens (including phenoxy) is 3. The Bertz CT molecular complexity index is 633. The first-order valence-electron chi connectivity index (χ1n) is 8.43. The molecule has 1 fully saturated rings. The molecule has 1 aliphatic heterocycles. The van der Waals surface area contributed by atoms with Crippen molar-refractivity contribution in [3.63, 3.8) is 0 Å². The Morgan fingerprint density at radius 1 is 0.960 bits per heavy atom. The van der Waals surface area contributed by atoms with Gasteiger partial charge in [-0.1, -0.05) is 60.7 Å². The fourth-order valence-electron chi connectivity index (χ4n) is 2.98. The molecule has 5 heteroatoms. The molecule has 3 rings (SSSR count). The molecule has 1 heterocycles. The van der Waals surface area contributed by atoms with Gasteiger partial charge in [0.15, 0.2) is 0 Å². The van der Waals surface area contributed by atoms with Crippen molar-refractivity contribution in [1.82, 2.24) is 0 Å². The van der Waals surface area contributed by atoms with Gasteiger partial charge in [-0.3, -0.25) is 0 Å². The van der Waals surface area contributed by atoms with Crippen LogP contribution in [0.25, 0.3) is 0 Å². The van der Waals surface area contributed by atoms with Crippen LogP contribution >= 0.6 is 0 Å². The third kappa shape index (κ3) is 4.66. The Hall–Kier alpha value is -1.76. The van der Waals surface area contributed by atoms with E-state index in [1.807, 2.05) is 60.7 Å². The van der Waals surface area contributed by atoms with Gasteiger partial charge in [-0.2, -0.15) is 0 Å². The summed E-state index contributed by atoms with van der Waals surface area (Å²) in [4.78, 5) is 0. The molecular formula is C20H24O5. The number of hydrogen-bond acceptors (Lipinski definition) is 5. The normalized spacial score (nSPS) is 26.0. The summed E-state index contributed by atoms with van der Waals surface area (Å²) in [6.45, 7) is 0.690. The van der Waals surface area contributed by atoms with Crippen LogP contribution in [0.2, 0.25) is 0 Å². The van der Waals surface area contributed by atoms with Crippen LogP contribution in [0.1, 0.15) is 11.1 Å². The lowest BCUT2D eigenvalue weighted by molar-refractivity contribution is -0.134. The minimum Gasteiger partial charge on any atom is -0.394 e. The first kappa shape index (κ1) is 18.0. The molecule has 5 nitrogen and oxygen atoms in total. The highest BCUT2D eigenvalue weighted by molar-refractivity contribution is 5.14. The zero-order valence-corrected chi connectivity index (χ0v) is 14.1. The van der Waals surface area contributed by atoms with Gasteiger partial charge in [0.1, 0.15) is 17.8 Å². The lowest BCUT2D eigenvalue weighted by Gasteiger charge is -2.30. The number of rotatable bonds is 8. The van der Waals surface area contributed by atoms with Crippen LogP contribution in [0.15, 0.2) is 60.7 Å². The predicted molar refractivity (Wildman–Crippen MR) is 92.9 cm³/mol. The maximum absolute atomic E-state index is 10.9. The van der Waals surface area contributed by atoms with Gasteiger partial charge in [0, 0.05) is 0 Å². The van der Waals surface area contributed by atoms with E-state index in [9.17, 15) is 10.2 Å². The van der Waals surface area contributed by atoms with E-state index in [2.05, 4.69) is 0 Å². The molecule has 0 spiro atoms. The van der Waals surface area contributed by atoms with E-state index in [0.29, 0.717) is 13.2 Å². The van der Waals surface area contributed by atoms with E-state index in [-0.39, 0.29) is 19.8 Å². The van der Waals surface area contributed by atoms with Crippen molar-refractivity contribution >= 4 is 0 Å². The topological polar surface area (TPSA) is 68.2 Å². The van der Waals surface area contributed by atoms with Crippen molar-refractivity contribution in [2.45, 2.75) is 31.0 Å². The van der Waals surface area contributed by atoms with Crippen LogP contribution in [-0.2, 0) is 27.4 Å². The molecular weight excluding hydrogens is 320 g/mol. The minimum absolute atomic E-state index is 0.0759. The highest BCUT2D eigenvalue weighted by atomic mass is 16.6. The maximum Gasteiger partial charge on any atom is 0.140 e. The Morgan fingerprint density at radius 3 is 2.16 bits per heavy atom. The summed E-state index contributed by atoms with van der Waals surface area (Å²) < 4.78 is 17.1. The van der Waals surface area contributed by atoms with Crippen molar-refractivity contribution in [2.24, 2.45) is 0 Å². The number of aliphatic hydroxyl groups excluding tert-OH is 1. The summed E-state index contributed by atoms with van der Waals surface area (Å²) in [7, 11) is 0. The zero-order valence-electron chi connectivity index (χ0n) is 14.1. The lowest BCUT2D eigenvalue weighted by Crippen LogP contribution is -2.49. The fourth-order valence-corrected chi connectivity index (χ4v) is 2.98. The largest absolute Gasteiger partial charge is 0.394 e. The van der Waals surface area contributed by atoms with Gasteiger partial charge in [-0.15, -0.1) is 0 Å². The van der Waals surface area contributed by atoms with Gasteiger partial charge in [0.25, 0.3) is 0 Å². The molecule has 0 unspecified atom stereocenters. The quantitative estimate of drug-likeness (QED) is 0.766. The van der Waals surface area contributed by atoms with Crippen LogP contribution in [-0.4, -0.2) is 47.8 Å². The molecule has 2 aromatic carbocycles. The predicted octanol–water partition coefficient (Wildman–Crippen LogP) is 1.91. The summed E-state index contributed by atoms with van der Waals surface area (Å²) in [6, 6.07) is 19.5. The molecule has 0 radical (unpaired) electrons. The molecule has 1 saturated heterocycles. The number of aliphatic hydroxyl groups is 2. The average Bonchev–Trinajstić information content (AvgIpc) is 2.97. The Kier molecular flexibility index (Phi) is 6.18. The third-order valence-electron chi connectivity index (χ3n) is 4.33. The van der Waals surface area contributed by atoms with Crippen LogP contribution in [0.5, 0.6) is 0 Å². The summed E-state index contributed by atoms with van der Waals surface area (Å²) in [5.41, 5.74) is 0.751. The van der Waals surface area contributed by atoms with Crippen LogP contribution in [0, 0.1) is 0 Å². The van der Waals surface area contributed by atoms with E-state index < -0.39 is 17.8 Å². The van der Waals surface area contributed by atoms with Gasteiger partial charge >= 0.3 is 0 Å². The summed E-state index contributed by atoms with van der Waals surface area (Å²) >= 11 is 0. The van der Waals surface area contributed by atoms with Gasteiger partial charge in [-0.25, -0.2) is 0 Å². The van der Waals surface area contributed by atoms with E-state index in [4.69, 9.17) is 14.2 Å². The zero-order chi connectivity index (χ0) is 17.5. The van der Waals surface area contributed by atoms with E-state index in [1.54, 1.807) is 0 Å². The van der Waals surface area contributed by atoms with Gasteiger partial charge in [0.2, 0.25) is 0 Å². The van der Waals surface area contributed by atoms with E-state index in [0.717, 1.165) is 11.1 Å². The Balaban J connectivity index is 1.58. The van der Waals surface area contributed by atoms with Crippen LogP contribution in [0.3, 0.4) is 0 Å². The summed E-state index contributed by atoms with van der Waals surface area (Å²) in [6.07, 6.45) is -1.21. The second-order valence-electron chi connectivity index (χ2n) is 6.33. The van der Waals surface area contributed by atoms with Gasteiger partial charge in [-0.05, 0) is 11.1 Å². The van der Waals surface area contributed by atoms with E-state index in [1.165, 1.54) is 0 Å². The Morgan fingerprint density at radius 2 is 1.56 bits per heavy atom. The number of hydrogen-bond donors (Lipinski definition) is 2. The molecule has 2 aromatic rings. The van der Waals surface area contributed by atoms with Gasteiger partial charge in [0.05, 0.1) is 33.0 Å². The molecule has 0 saturated carbocycles. The standard InChI is InChI=1S/C20H24O5/c21-11-18-19(24-13-17-9-5-2-6-10-17)20(22,15-25-18)14-23-12-16-7-3-1-4-8-16/h1-10,18-19,21-22H,11-15H2/t18-,19-,20-/m0/s1. The van der Waals surface area contributed by atoms with Crippen molar-refractivity contribution < 1.29 is 24.4 Å². The van der Waals surface area contributed by atoms with Crippen LogP contribution in [0.4, 0.5) is 0 Å². The highest BCUT2D eigenvalue weighted by Gasteiger charge is 2.49. The molecule has 0 aliphatic carbocycles. The second-order valence-corrected chi connectivity index (χ2v) is 6.33. The van der Waals surface area contributed by atoms with Crippen molar-refractivity contribution in [1.29, 1.82) is 0 Å². The molecule has 0 amide bonds. The second kappa shape index (κ2) is 8.56. The van der Waals surface area contributed by atoms with Crippen LogP contribution < -0.4 is 0 Å². The van der Waals surface area contributed by atoms with Crippen molar-refractivity contribution in [2.75, 3.05) is 19.8 Å². The smallest absolute Gasteiger partial charge is 0.140 e. The van der Waals surface area contributed by atoms with Crippen molar-refractivity contribution in [3.05, 3.63) is 71.8 Å².